The molecule has 80 valence electrons. The van der Waals surface area contributed by atoms with Crippen molar-refractivity contribution in [2.24, 2.45) is 0 Å². The summed E-state index contributed by atoms with van der Waals surface area (Å²) < 4.78 is 1.64. The highest BCUT2D eigenvalue weighted by atomic mass is 16.2. The van der Waals surface area contributed by atoms with Gasteiger partial charge in [0.15, 0.2) is 0 Å². The van der Waals surface area contributed by atoms with Crippen molar-refractivity contribution in [3.8, 4) is 11.3 Å². The van der Waals surface area contributed by atoms with Crippen LogP contribution in [0.1, 0.15) is 5.69 Å². The highest BCUT2D eigenvalue weighted by Gasteiger charge is 2.21. The minimum absolute atomic E-state index is 0.0731. The molecule has 0 spiro atoms. The zero-order valence-corrected chi connectivity index (χ0v) is 8.77. The van der Waals surface area contributed by atoms with Crippen LogP contribution in [0.3, 0.4) is 0 Å². The van der Waals surface area contributed by atoms with Crippen LogP contribution in [0.25, 0.3) is 11.3 Å². The normalized spacial score (nSPS) is 13.7. The van der Waals surface area contributed by atoms with Crippen LogP contribution in [0.5, 0.6) is 0 Å². The molecule has 0 fully saturated rings. The SMILES string of the molecule is Cc1nnn2c1-c1ccccc1NC(=O)C2. The zero-order valence-electron chi connectivity index (χ0n) is 8.77. The van der Waals surface area contributed by atoms with E-state index in [9.17, 15) is 4.79 Å². The first kappa shape index (κ1) is 9.08. The number of hydrogen-bond donors (Lipinski definition) is 1. The molecule has 1 amide bonds. The summed E-state index contributed by atoms with van der Waals surface area (Å²) in [5.41, 5.74) is 3.53. The smallest absolute Gasteiger partial charge is 0.246 e. The molecule has 0 radical (unpaired) electrons. The van der Waals surface area contributed by atoms with Crippen LogP contribution in [-0.2, 0) is 11.3 Å². The van der Waals surface area contributed by atoms with Crippen molar-refractivity contribution in [1.29, 1.82) is 0 Å². The van der Waals surface area contributed by atoms with E-state index in [1.54, 1.807) is 4.68 Å². The lowest BCUT2D eigenvalue weighted by molar-refractivity contribution is -0.116. The molecule has 5 heteroatoms. The first-order chi connectivity index (χ1) is 7.75. The quantitative estimate of drug-likeness (QED) is 0.717. The fourth-order valence-electron chi connectivity index (χ4n) is 1.97. The summed E-state index contributed by atoms with van der Waals surface area (Å²) >= 11 is 0. The molecule has 0 atom stereocenters. The molecular weight excluding hydrogens is 204 g/mol. The van der Waals surface area contributed by atoms with Gasteiger partial charge in [-0.05, 0) is 13.0 Å². The first-order valence-corrected chi connectivity index (χ1v) is 5.05. The Kier molecular flexibility index (Phi) is 1.80. The van der Waals surface area contributed by atoms with Crippen molar-refractivity contribution in [1.82, 2.24) is 15.0 Å². The molecule has 1 N–H and O–H groups in total. The fourth-order valence-corrected chi connectivity index (χ4v) is 1.97. The number of carbonyl (C=O) groups is 1. The van der Waals surface area contributed by atoms with Crippen LogP contribution in [0.4, 0.5) is 5.69 Å². The lowest BCUT2D eigenvalue weighted by atomic mass is 10.1. The molecule has 2 aromatic rings. The predicted octanol–water partition coefficient (Wildman–Crippen LogP) is 1.21. The molecule has 1 aliphatic rings. The van der Waals surface area contributed by atoms with Gasteiger partial charge in [-0.15, -0.1) is 5.10 Å². The second kappa shape index (κ2) is 3.16. The van der Waals surface area contributed by atoms with Crippen molar-refractivity contribution in [3.05, 3.63) is 30.0 Å². The Morgan fingerprint density at radius 3 is 3.06 bits per heavy atom. The van der Waals surface area contributed by atoms with Gasteiger partial charge >= 0.3 is 0 Å². The second-order valence-electron chi connectivity index (χ2n) is 3.77. The third-order valence-corrected chi connectivity index (χ3v) is 2.65. The summed E-state index contributed by atoms with van der Waals surface area (Å²) in [5.74, 6) is -0.0731. The molecule has 2 heterocycles. The maximum absolute atomic E-state index is 11.6. The highest BCUT2D eigenvalue weighted by molar-refractivity contribution is 5.97. The van der Waals surface area contributed by atoms with Crippen molar-refractivity contribution >= 4 is 11.6 Å². The first-order valence-electron chi connectivity index (χ1n) is 5.05. The molecular formula is C11H10N4O. The number of nitrogens with zero attached hydrogens (tertiary/aromatic N) is 3. The average Bonchev–Trinajstić information content (AvgIpc) is 2.55. The van der Waals surface area contributed by atoms with E-state index < -0.39 is 0 Å². The van der Waals surface area contributed by atoms with E-state index in [1.807, 2.05) is 31.2 Å². The van der Waals surface area contributed by atoms with Crippen LogP contribution in [0, 0.1) is 6.92 Å². The number of amides is 1. The Hall–Kier alpha value is -2.17. The van der Waals surface area contributed by atoms with Gasteiger partial charge in [0.1, 0.15) is 6.54 Å². The Bertz CT molecular complexity index is 573. The Labute approximate surface area is 92.1 Å². The van der Waals surface area contributed by atoms with Gasteiger partial charge in [0.05, 0.1) is 17.1 Å². The van der Waals surface area contributed by atoms with E-state index in [4.69, 9.17) is 0 Å². The number of anilines is 1. The Balaban J connectivity index is 2.33. The summed E-state index contributed by atoms with van der Waals surface area (Å²) in [6, 6.07) is 7.68. The number of aryl methyl sites for hydroxylation is 1. The van der Waals surface area contributed by atoms with Gasteiger partial charge in [0, 0.05) is 5.56 Å². The summed E-state index contributed by atoms with van der Waals surface area (Å²) in [4.78, 5) is 11.6. The number of hydrogen-bond acceptors (Lipinski definition) is 3. The maximum atomic E-state index is 11.6. The number of nitrogens with one attached hydrogen (secondary N) is 1. The fraction of sp³-hybridized carbons (Fsp3) is 0.182. The second-order valence-corrected chi connectivity index (χ2v) is 3.77. The molecule has 16 heavy (non-hydrogen) atoms. The van der Waals surface area contributed by atoms with Gasteiger partial charge in [0.2, 0.25) is 5.91 Å². The van der Waals surface area contributed by atoms with Crippen LogP contribution in [-0.4, -0.2) is 20.9 Å². The van der Waals surface area contributed by atoms with Crippen LogP contribution in [0.15, 0.2) is 24.3 Å². The zero-order chi connectivity index (χ0) is 11.1. The van der Waals surface area contributed by atoms with E-state index in [-0.39, 0.29) is 12.5 Å². The lowest BCUT2D eigenvalue weighted by Crippen LogP contribution is -2.17. The maximum Gasteiger partial charge on any atom is 0.246 e. The van der Waals surface area contributed by atoms with Crippen molar-refractivity contribution in [2.75, 3.05) is 5.32 Å². The number of fused-ring (bicyclic) bond motifs is 3. The molecule has 0 unspecified atom stereocenters. The van der Waals surface area contributed by atoms with E-state index in [0.717, 1.165) is 22.6 Å². The third-order valence-electron chi connectivity index (χ3n) is 2.65. The molecule has 0 saturated carbocycles. The minimum Gasteiger partial charge on any atom is -0.324 e. The topological polar surface area (TPSA) is 59.8 Å². The van der Waals surface area contributed by atoms with Gasteiger partial charge in [-0.25, -0.2) is 4.68 Å². The van der Waals surface area contributed by atoms with E-state index in [2.05, 4.69) is 15.6 Å². The number of para-hydroxylation sites is 1. The monoisotopic (exact) mass is 214 g/mol. The lowest BCUT2D eigenvalue weighted by Gasteiger charge is -2.05. The van der Waals surface area contributed by atoms with E-state index in [0.29, 0.717) is 0 Å². The van der Waals surface area contributed by atoms with Crippen molar-refractivity contribution in [2.45, 2.75) is 13.5 Å². The van der Waals surface area contributed by atoms with Crippen LogP contribution >= 0.6 is 0 Å². The summed E-state index contributed by atoms with van der Waals surface area (Å²) in [6.07, 6.45) is 0. The largest absolute Gasteiger partial charge is 0.324 e. The molecule has 1 aliphatic heterocycles. The number of benzene rings is 1. The Morgan fingerprint density at radius 2 is 2.19 bits per heavy atom. The number of rotatable bonds is 0. The molecule has 3 rings (SSSR count). The molecule has 0 saturated heterocycles. The van der Waals surface area contributed by atoms with Crippen LogP contribution in [0.2, 0.25) is 0 Å². The van der Waals surface area contributed by atoms with Gasteiger partial charge in [-0.2, -0.15) is 0 Å². The number of carbonyl (C=O) groups excluding carboxylic acids is 1. The third kappa shape index (κ3) is 1.21. The molecule has 0 aliphatic carbocycles. The van der Waals surface area contributed by atoms with Gasteiger partial charge in [0.25, 0.3) is 0 Å². The highest BCUT2D eigenvalue weighted by Crippen LogP contribution is 2.31. The van der Waals surface area contributed by atoms with E-state index >= 15 is 0 Å². The average molecular weight is 214 g/mol. The molecule has 1 aromatic carbocycles. The number of aromatic nitrogens is 3. The summed E-state index contributed by atoms with van der Waals surface area (Å²) in [6.45, 7) is 2.11. The minimum atomic E-state index is -0.0731. The van der Waals surface area contributed by atoms with Crippen molar-refractivity contribution in [3.63, 3.8) is 0 Å². The van der Waals surface area contributed by atoms with E-state index in [1.165, 1.54) is 0 Å². The molecule has 1 aromatic heterocycles. The predicted molar refractivity (Wildman–Crippen MR) is 58.8 cm³/mol. The summed E-state index contributed by atoms with van der Waals surface area (Å²) in [5, 5.41) is 10.8. The standard InChI is InChI=1S/C11H10N4O/c1-7-11-8-4-2-3-5-9(8)12-10(16)6-15(11)14-13-7/h2-5H,6H2,1H3,(H,12,16). The Morgan fingerprint density at radius 1 is 1.38 bits per heavy atom. The van der Waals surface area contributed by atoms with Gasteiger partial charge in [-0.3, -0.25) is 4.79 Å². The van der Waals surface area contributed by atoms with Crippen LogP contribution < -0.4 is 5.32 Å². The molecule has 0 bridgehead atoms. The molecule has 5 nitrogen and oxygen atoms in total. The van der Waals surface area contributed by atoms with Gasteiger partial charge < -0.3 is 5.32 Å². The summed E-state index contributed by atoms with van der Waals surface area (Å²) in [7, 11) is 0. The van der Waals surface area contributed by atoms with Crippen molar-refractivity contribution < 1.29 is 4.79 Å². The van der Waals surface area contributed by atoms with Gasteiger partial charge in [-0.1, -0.05) is 23.4 Å².